The van der Waals surface area contributed by atoms with Gasteiger partial charge in [-0.15, -0.1) is 0 Å². The molecule has 0 aromatic heterocycles. The molecule has 0 amide bonds. The summed E-state index contributed by atoms with van der Waals surface area (Å²) in [7, 11) is 0. The second-order valence-corrected chi connectivity index (χ2v) is 3.05. The number of ether oxygens (including phenoxy) is 1. The molecule has 1 rings (SSSR count). The Balaban J connectivity index is 2.33. The predicted molar refractivity (Wildman–Crippen MR) is 42.4 cm³/mol. The van der Waals surface area contributed by atoms with E-state index in [-0.39, 0.29) is 12.2 Å². The maximum Gasteiger partial charge on any atom is 0.102 e. The van der Waals surface area contributed by atoms with Crippen molar-refractivity contribution in [3.8, 4) is 0 Å². The average Bonchev–Trinajstić information content (AvgIpc) is 2.50. The van der Waals surface area contributed by atoms with Gasteiger partial charge in [0.15, 0.2) is 0 Å². The molecule has 1 unspecified atom stereocenters. The molecule has 1 N–H and O–H groups in total. The zero-order valence-corrected chi connectivity index (χ0v) is 7.03. The van der Waals surface area contributed by atoms with E-state index >= 15 is 0 Å². The van der Waals surface area contributed by atoms with Crippen LogP contribution in [-0.4, -0.2) is 32.0 Å². The molecule has 0 aliphatic carbocycles. The van der Waals surface area contributed by atoms with E-state index in [0.29, 0.717) is 6.54 Å². The van der Waals surface area contributed by atoms with Gasteiger partial charge in [0, 0.05) is 18.7 Å². The van der Waals surface area contributed by atoms with Gasteiger partial charge in [-0.2, -0.15) is 0 Å². The molecule has 1 saturated heterocycles. The van der Waals surface area contributed by atoms with Crippen LogP contribution >= 0.6 is 0 Å². The molecule has 0 bridgehead atoms. The van der Waals surface area contributed by atoms with Gasteiger partial charge in [-0.3, -0.25) is 0 Å². The molecule has 1 aliphatic heterocycles. The van der Waals surface area contributed by atoms with Gasteiger partial charge in [0.2, 0.25) is 0 Å². The van der Waals surface area contributed by atoms with E-state index in [1.807, 2.05) is 0 Å². The first-order valence-electron chi connectivity index (χ1n) is 4.22. The Bertz CT molecular complexity index is 113. The van der Waals surface area contributed by atoms with Crippen molar-refractivity contribution in [2.24, 2.45) is 0 Å². The van der Waals surface area contributed by atoms with Gasteiger partial charge in [0.25, 0.3) is 0 Å². The third-order valence-corrected chi connectivity index (χ3v) is 2.37. The van der Waals surface area contributed by atoms with E-state index in [2.05, 4.69) is 12.2 Å². The number of halogens is 1. The minimum absolute atomic E-state index is 0.0755. The lowest BCUT2D eigenvalue weighted by Crippen LogP contribution is -2.46. The van der Waals surface area contributed by atoms with E-state index in [4.69, 9.17) is 4.74 Å². The fourth-order valence-corrected chi connectivity index (χ4v) is 1.46. The lowest BCUT2D eigenvalue weighted by molar-refractivity contribution is 0.163. The maximum absolute atomic E-state index is 11.8. The number of hydrogen-bond donors (Lipinski definition) is 1. The Morgan fingerprint density at radius 2 is 2.45 bits per heavy atom. The highest BCUT2D eigenvalue weighted by Crippen LogP contribution is 2.21. The monoisotopic (exact) mass is 161 g/mol. The van der Waals surface area contributed by atoms with Crippen molar-refractivity contribution in [2.75, 3.05) is 26.4 Å². The minimum Gasteiger partial charge on any atom is -0.379 e. The van der Waals surface area contributed by atoms with Crippen LogP contribution in [-0.2, 0) is 4.74 Å². The fraction of sp³-hybridized carbons (Fsp3) is 1.00. The van der Waals surface area contributed by atoms with E-state index in [0.717, 1.165) is 26.1 Å². The van der Waals surface area contributed by atoms with Gasteiger partial charge in [0.05, 0.1) is 6.61 Å². The molecule has 1 atom stereocenters. The average molecular weight is 161 g/mol. The summed E-state index contributed by atoms with van der Waals surface area (Å²) in [5.74, 6) is 0. The number of hydrogen-bond acceptors (Lipinski definition) is 2. The Morgan fingerprint density at radius 1 is 1.64 bits per heavy atom. The van der Waals surface area contributed by atoms with Gasteiger partial charge >= 0.3 is 0 Å². The molecule has 0 aromatic carbocycles. The summed E-state index contributed by atoms with van der Waals surface area (Å²) >= 11 is 0. The molecule has 0 spiro atoms. The highest BCUT2D eigenvalue weighted by atomic mass is 19.1. The van der Waals surface area contributed by atoms with Crippen molar-refractivity contribution >= 4 is 0 Å². The summed E-state index contributed by atoms with van der Waals surface area (Å²) in [6.45, 7) is 3.83. The number of nitrogens with one attached hydrogen (secondary N) is 1. The Kier molecular flexibility index (Phi) is 3.27. The molecule has 11 heavy (non-hydrogen) atoms. The highest BCUT2D eigenvalue weighted by molar-refractivity contribution is 4.89. The van der Waals surface area contributed by atoms with Gasteiger partial charge in [0.1, 0.15) is 6.67 Å². The van der Waals surface area contributed by atoms with Crippen molar-refractivity contribution < 1.29 is 9.13 Å². The lowest BCUT2D eigenvalue weighted by Gasteiger charge is -2.26. The topological polar surface area (TPSA) is 21.3 Å². The van der Waals surface area contributed by atoms with Crippen LogP contribution < -0.4 is 5.32 Å². The van der Waals surface area contributed by atoms with Crippen LogP contribution in [0.15, 0.2) is 0 Å². The first-order chi connectivity index (χ1) is 5.33. The number of alkyl halides is 1. The first kappa shape index (κ1) is 8.94. The van der Waals surface area contributed by atoms with Crippen molar-refractivity contribution in [3.05, 3.63) is 0 Å². The normalized spacial score (nSPS) is 31.1. The van der Waals surface area contributed by atoms with E-state index < -0.39 is 0 Å². The lowest BCUT2D eigenvalue weighted by atomic mass is 9.95. The summed E-state index contributed by atoms with van der Waals surface area (Å²) in [5, 5.41) is 3.19. The van der Waals surface area contributed by atoms with Crippen LogP contribution in [0.25, 0.3) is 0 Å². The van der Waals surface area contributed by atoms with Crippen molar-refractivity contribution in [3.63, 3.8) is 0 Å². The fourth-order valence-electron chi connectivity index (χ4n) is 1.46. The Labute approximate surface area is 67.1 Å². The number of rotatable bonds is 4. The van der Waals surface area contributed by atoms with Crippen LogP contribution in [0.1, 0.15) is 19.8 Å². The van der Waals surface area contributed by atoms with E-state index in [1.54, 1.807) is 0 Å². The molecule has 0 radical (unpaired) electrons. The van der Waals surface area contributed by atoms with Crippen LogP contribution in [0.3, 0.4) is 0 Å². The molecule has 66 valence electrons. The molecule has 0 saturated carbocycles. The minimum atomic E-state index is -0.290. The molecule has 3 heteroatoms. The Morgan fingerprint density at radius 3 is 2.91 bits per heavy atom. The molecule has 1 aliphatic rings. The Hall–Kier alpha value is -0.150. The zero-order chi connectivity index (χ0) is 8.16. The molecular formula is C8H16FNO. The van der Waals surface area contributed by atoms with Crippen LogP contribution in [0.5, 0.6) is 0 Å². The molecule has 0 aromatic rings. The summed E-state index contributed by atoms with van der Waals surface area (Å²) in [5.41, 5.74) is 0.0755. The SMILES string of the molecule is CCC1(NCCF)CCOC1. The molecule has 1 heterocycles. The van der Waals surface area contributed by atoms with E-state index in [1.165, 1.54) is 0 Å². The second-order valence-electron chi connectivity index (χ2n) is 3.05. The van der Waals surface area contributed by atoms with Gasteiger partial charge < -0.3 is 10.1 Å². The standard InChI is InChI=1S/C8H16FNO/c1-2-8(10-5-4-9)3-6-11-7-8/h10H,2-7H2,1H3. The van der Waals surface area contributed by atoms with E-state index in [9.17, 15) is 4.39 Å². The molecular weight excluding hydrogens is 145 g/mol. The van der Waals surface area contributed by atoms with Crippen LogP contribution in [0.2, 0.25) is 0 Å². The first-order valence-corrected chi connectivity index (χ1v) is 4.22. The summed E-state index contributed by atoms with van der Waals surface area (Å²) < 4.78 is 17.1. The van der Waals surface area contributed by atoms with Crippen molar-refractivity contribution in [1.82, 2.24) is 5.32 Å². The van der Waals surface area contributed by atoms with Gasteiger partial charge in [-0.05, 0) is 12.8 Å². The summed E-state index contributed by atoms with van der Waals surface area (Å²) in [6, 6.07) is 0. The highest BCUT2D eigenvalue weighted by Gasteiger charge is 2.31. The van der Waals surface area contributed by atoms with Gasteiger partial charge in [-0.25, -0.2) is 4.39 Å². The quantitative estimate of drug-likeness (QED) is 0.667. The smallest absolute Gasteiger partial charge is 0.102 e. The molecule has 1 fully saturated rings. The van der Waals surface area contributed by atoms with Crippen molar-refractivity contribution in [1.29, 1.82) is 0 Å². The second kappa shape index (κ2) is 4.02. The largest absolute Gasteiger partial charge is 0.379 e. The summed E-state index contributed by atoms with van der Waals surface area (Å²) in [6.07, 6.45) is 2.04. The third-order valence-electron chi connectivity index (χ3n) is 2.37. The van der Waals surface area contributed by atoms with Crippen LogP contribution in [0.4, 0.5) is 4.39 Å². The van der Waals surface area contributed by atoms with Crippen LogP contribution in [0, 0.1) is 0 Å². The predicted octanol–water partition coefficient (Wildman–Crippen LogP) is 1.11. The van der Waals surface area contributed by atoms with Crippen molar-refractivity contribution in [2.45, 2.75) is 25.3 Å². The zero-order valence-electron chi connectivity index (χ0n) is 7.03. The molecule has 2 nitrogen and oxygen atoms in total. The third kappa shape index (κ3) is 2.14. The summed E-state index contributed by atoms with van der Waals surface area (Å²) in [4.78, 5) is 0. The van der Waals surface area contributed by atoms with Gasteiger partial charge in [-0.1, -0.05) is 6.92 Å². The maximum atomic E-state index is 11.8.